The van der Waals surface area contributed by atoms with Crippen molar-refractivity contribution >= 4 is 0 Å². The van der Waals surface area contributed by atoms with Gasteiger partial charge in [0.1, 0.15) is 0 Å². The van der Waals surface area contributed by atoms with Crippen molar-refractivity contribution in [1.29, 1.82) is 0 Å². The van der Waals surface area contributed by atoms with Crippen molar-refractivity contribution in [3.05, 3.63) is 0 Å². The summed E-state index contributed by atoms with van der Waals surface area (Å²) < 4.78 is 0. The van der Waals surface area contributed by atoms with Crippen LogP contribution in [-0.4, -0.2) is 36.2 Å². The Bertz CT molecular complexity index is 232. The Morgan fingerprint density at radius 1 is 1.05 bits per heavy atom. The van der Waals surface area contributed by atoms with E-state index in [1.807, 2.05) is 0 Å². The second kappa shape index (κ2) is 7.64. The fraction of sp³-hybridized carbons (Fsp3) is 1.00. The quantitative estimate of drug-likeness (QED) is 0.760. The standard InChI is InChI=1S/C17H35NO/c1-14(2)10-18(11-15(3)4)12-17(13-19)8-6-16(5)7-9-17/h14-16,19H,6-13H2,1-5H3. The van der Waals surface area contributed by atoms with Crippen LogP contribution in [0.2, 0.25) is 0 Å². The van der Waals surface area contributed by atoms with Crippen LogP contribution in [0.4, 0.5) is 0 Å². The first kappa shape index (κ1) is 17.0. The van der Waals surface area contributed by atoms with Crippen LogP contribution in [0.25, 0.3) is 0 Å². The van der Waals surface area contributed by atoms with Crippen LogP contribution in [0.3, 0.4) is 0 Å². The molecule has 0 amide bonds. The van der Waals surface area contributed by atoms with Crippen molar-refractivity contribution in [2.75, 3.05) is 26.2 Å². The fourth-order valence-corrected chi connectivity index (χ4v) is 3.45. The highest BCUT2D eigenvalue weighted by atomic mass is 16.3. The maximum absolute atomic E-state index is 9.92. The molecule has 0 saturated heterocycles. The summed E-state index contributed by atoms with van der Waals surface area (Å²) in [6, 6.07) is 0. The molecular weight excluding hydrogens is 234 g/mol. The Morgan fingerprint density at radius 3 is 1.89 bits per heavy atom. The molecule has 0 spiro atoms. The fourth-order valence-electron chi connectivity index (χ4n) is 3.45. The average molecular weight is 269 g/mol. The van der Waals surface area contributed by atoms with E-state index < -0.39 is 0 Å². The predicted molar refractivity (Wildman–Crippen MR) is 83.3 cm³/mol. The third-order valence-corrected chi connectivity index (χ3v) is 4.48. The van der Waals surface area contributed by atoms with Gasteiger partial charge < -0.3 is 10.0 Å². The monoisotopic (exact) mass is 269 g/mol. The summed E-state index contributed by atoms with van der Waals surface area (Å²) in [5.41, 5.74) is 0.177. The molecule has 2 heteroatoms. The first-order chi connectivity index (χ1) is 8.87. The first-order valence-corrected chi connectivity index (χ1v) is 8.20. The predicted octanol–water partition coefficient (Wildman–Crippen LogP) is 3.79. The van der Waals surface area contributed by atoms with Crippen molar-refractivity contribution in [1.82, 2.24) is 4.90 Å². The van der Waals surface area contributed by atoms with E-state index in [9.17, 15) is 5.11 Å². The van der Waals surface area contributed by atoms with E-state index in [1.165, 1.54) is 25.7 Å². The van der Waals surface area contributed by atoms with Gasteiger partial charge in [-0.25, -0.2) is 0 Å². The lowest BCUT2D eigenvalue weighted by Gasteiger charge is -2.42. The van der Waals surface area contributed by atoms with E-state index in [0.29, 0.717) is 18.4 Å². The van der Waals surface area contributed by atoms with Crippen molar-refractivity contribution < 1.29 is 5.11 Å². The molecule has 0 aliphatic heterocycles. The molecule has 1 saturated carbocycles. The summed E-state index contributed by atoms with van der Waals surface area (Å²) in [4.78, 5) is 2.60. The van der Waals surface area contributed by atoms with Gasteiger partial charge in [0.05, 0.1) is 0 Å². The smallest absolute Gasteiger partial charge is 0.0499 e. The molecule has 1 fully saturated rings. The van der Waals surface area contributed by atoms with Gasteiger partial charge >= 0.3 is 0 Å². The van der Waals surface area contributed by atoms with Crippen molar-refractivity contribution in [2.45, 2.75) is 60.3 Å². The van der Waals surface area contributed by atoms with Crippen molar-refractivity contribution in [2.24, 2.45) is 23.2 Å². The Balaban J connectivity index is 2.63. The number of nitrogens with zero attached hydrogens (tertiary/aromatic N) is 1. The molecule has 0 heterocycles. The lowest BCUT2D eigenvalue weighted by Crippen LogP contribution is -2.45. The molecule has 1 N–H and O–H groups in total. The molecule has 1 aliphatic rings. The highest BCUT2D eigenvalue weighted by molar-refractivity contribution is 4.87. The zero-order valence-corrected chi connectivity index (χ0v) is 13.8. The van der Waals surface area contributed by atoms with Gasteiger partial charge in [0, 0.05) is 31.7 Å². The first-order valence-electron chi connectivity index (χ1n) is 8.20. The molecule has 0 radical (unpaired) electrons. The van der Waals surface area contributed by atoms with E-state index in [2.05, 4.69) is 39.5 Å². The summed E-state index contributed by atoms with van der Waals surface area (Å²) in [5, 5.41) is 9.92. The summed E-state index contributed by atoms with van der Waals surface area (Å²) in [6.45, 7) is 15.3. The summed E-state index contributed by atoms with van der Waals surface area (Å²) in [5.74, 6) is 2.26. The molecule has 19 heavy (non-hydrogen) atoms. The minimum absolute atomic E-state index is 0.177. The number of hydrogen-bond donors (Lipinski definition) is 1. The second-order valence-electron chi connectivity index (χ2n) is 7.82. The van der Waals surface area contributed by atoms with Crippen LogP contribution in [0.1, 0.15) is 60.3 Å². The van der Waals surface area contributed by atoms with Crippen LogP contribution in [0, 0.1) is 23.2 Å². The van der Waals surface area contributed by atoms with Gasteiger partial charge in [0.15, 0.2) is 0 Å². The maximum atomic E-state index is 9.92. The summed E-state index contributed by atoms with van der Waals surface area (Å²) in [7, 11) is 0. The Morgan fingerprint density at radius 2 is 1.53 bits per heavy atom. The normalized spacial score (nSPS) is 28.6. The molecular formula is C17H35NO. The third kappa shape index (κ3) is 5.83. The number of aliphatic hydroxyl groups excluding tert-OH is 1. The molecule has 0 aromatic rings. The summed E-state index contributed by atoms with van der Waals surface area (Å²) >= 11 is 0. The second-order valence-corrected chi connectivity index (χ2v) is 7.82. The van der Waals surface area contributed by atoms with E-state index >= 15 is 0 Å². The molecule has 1 rings (SSSR count). The number of rotatable bonds is 7. The SMILES string of the molecule is CC(C)CN(CC(C)C)CC1(CO)CCC(C)CC1. The minimum Gasteiger partial charge on any atom is -0.396 e. The molecule has 0 aromatic carbocycles. The molecule has 0 unspecified atom stereocenters. The van der Waals surface area contributed by atoms with Gasteiger partial charge in [-0.3, -0.25) is 0 Å². The maximum Gasteiger partial charge on any atom is 0.0499 e. The Labute approximate surface area is 120 Å². The van der Waals surface area contributed by atoms with E-state index in [0.717, 1.165) is 25.6 Å². The summed E-state index contributed by atoms with van der Waals surface area (Å²) in [6.07, 6.45) is 4.99. The highest BCUT2D eigenvalue weighted by Gasteiger charge is 2.35. The van der Waals surface area contributed by atoms with Gasteiger partial charge in [0.25, 0.3) is 0 Å². The van der Waals surface area contributed by atoms with E-state index in [1.54, 1.807) is 0 Å². The van der Waals surface area contributed by atoms with E-state index in [-0.39, 0.29) is 5.41 Å². The van der Waals surface area contributed by atoms with Gasteiger partial charge in [-0.2, -0.15) is 0 Å². The Kier molecular flexibility index (Phi) is 6.82. The minimum atomic E-state index is 0.177. The van der Waals surface area contributed by atoms with Crippen molar-refractivity contribution in [3.63, 3.8) is 0 Å². The van der Waals surface area contributed by atoms with Crippen LogP contribution in [0.5, 0.6) is 0 Å². The number of aliphatic hydroxyl groups is 1. The zero-order chi connectivity index (χ0) is 14.5. The molecule has 2 nitrogen and oxygen atoms in total. The van der Waals surface area contributed by atoms with Crippen LogP contribution >= 0.6 is 0 Å². The molecule has 0 atom stereocenters. The molecule has 0 bridgehead atoms. The van der Waals surface area contributed by atoms with Crippen LogP contribution in [0.15, 0.2) is 0 Å². The number of hydrogen-bond acceptors (Lipinski definition) is 2. The van der Waals surface area contributed by atoms with Gasteiger partial charge in [-0.15, -0.1) is 0 Å². The van der Waals surface area contributed by atoms with E-state index in [4.69, 9.17) is 0 Å². The van der Waals surface area contributed by atoms with Crippen molar-refractivity contribution in [3.8, 4) is 0 Å². The molecule has 114 valence electrons. The lowest BCUT2D eigenvalue weighted by atomic mass is 9.71. The van der Waals surface area contributed by atoms with Gasteiger partial charge in [-0.05, 0) is 30.6 Å². The zero-order valence-electron chi connectivity index (χ0n) is 13.8. The largest absolute Gasteiger partial charge is 0.396 e. The Hall–Kier alpha value is -0.0800. The third-order valence-electron chi connectivity index (χ3n) is 4.48. The van der Waals surface area contributed by atoms with Crippen LogP contribution in [-0.2, 0) is 0 Å². The van der Waals surface area contributed by atoms with Gasteiger partial charge in [-0.1, -0.05) is 47.5 Å². The highest BCUT2D eigenvalue weighted by Crippen LogP contribution is 2.39. The lowest BCUT2D eigenvalue weighted by molar-refractivity contribution is 0.0226. The topological polar surface area (TPSA) is 23.5 Å². The average Bonchev–Trinajstić information content (AvgIpc) is 2.31. The van der Waals surface area contributed by atoms with Gasteiger partial charge in [0.2, 0.25) is 0 Å². The molecule has 0 aromatic heterocycles. The van der Waals surface area contributed by atoms with Crippen LogP contribution < -0.4 is 0 Å². The molecule has 1 aliphatic carbocycles.